The molecule has 0 spiro atoms. The van der Waals surface area contributed by atoms with Crippen LogP contribution in [0.3, 0.4) is 0 Å². The normalized spacial score (nSPS) is 25.3. The standard InChI is InChI=1S/C18H22BrNO4/c1-24-11-18(7-2-8-18)17(23)20-9-14(15(10-20)16(21)22)12-3-5-13(19)6-4-12/h3-6,14-15H,2,7-11H2,1H3,(H,21,22)/t14-,15+/m1/s1. The topological polar surface area (TPSA) is 66.8 Å². The number of carbonyl (C=O) groups excluding carboxylic acids is 1. The van der Waals surface area contributed by atoms with E-state index in [0.717, 1.165) is 29.3 Å². The zero-order valence-electron chi connectivity index (χ0n) is 13.7. The number of amides is 1. The first-order valence-corrected chi connectivity index (χ1v) is 9.03. The van der Waals surface area contributed by atoms with Gasteiger partial charge in [-0.3, -0.25) is 9.59 Å². The van der Waals surface area contributed by atoms with Crippen molar-refractivity contribution in [2.24, 2.45) is 11.3 Å². The van der Waals surface area contributed by atoms with Gasteiger partial charge in [-0.25, -0.2) is 0 Å². The van der Waals surface area contributed by atoms with Crippen LogP contribution < -0.4 is 0 Å². The van der Waals surface area contributed by atoms with Gasteiger partial charge in [0.25, 0.3) is 0 Å². The summed E-state index contributed by atoms with van der Waals surface area (Å²) in [5.41, 5.74) is 0.530. The van der Waals surface area contributed by atoms with Gasteiger partial charge in [0.15, 0.2) is 0 Å². The molecule has 1 amide bonds. The van der Waals surface area contributed by atoms with Gasteiger partial charge in [-0.2, -0.15) is 0 Å². The van der Waals surface area contributed by atoms with Crippen molar-refractivity contribution in [3.8, 4) is 0 Å². The maximum atomic E-state index is 13.0. The molecule has 24 heavy (non-hydrogen) atoms. The monoisotopic (exact) mass is 395 g/mol. The molecule has 6 heteroatoms. The Labute approximate surface area is 150 Å². The summed E-state index contributed by atoms with van der Waals surface area (Å²) in [6.07, 6.45) is 2.69. The number of rotatable bonds is 5. The molecule has 5 nitrogen and oxygen atoms in total. The Morgan fingerprint density at radius 1 is 1.29 bits per heavy atom. The third kappa shape index (κ3) is 3.09. The summed E-state index contributed by atoms with van der Waals surface area (Å²) in [7, 11) is 1.61. The molecular weight excluding hydrogens is 374 g/mol. The van der Waals surface area contributed by atoms with Crippen molar-refractivity contribution in [1.82, 2.24) is 4.90 Å². The molecule has 2 aliphatic rings. The van der Waals surface area contributed by atoms with E-state index in [9.17, 15) is 14.7 Å². The lowest BCUT2D eigenvalue weighted by Gasteiger charge is -2.42. The number of ether oxygens (including phenoxy) is 1. The maximum absolute atomic E-state index is 13.0. The van der Waals surface area contributed by atoms with Crippen LogP contribution in [0, 0.1) is 11.3 Å². The smallest absolute Gasteiger partial charge is 0.308 e. The fourth-order valence-corrected chi connectivity index (χ4v) is 4.17. The number of nitrogens with zero attached hydrogens (tertiary/aromatic N) is 1. The van der Waals surface area contributed by atoms with Crippen LogP contribution in [0.5, 0.6) is 0 Å². The number of hydrogen-bond donors (Lipinski definition) is 1. The van der Waals surface area contributed by atoms with Crippen LogP contribution in [0.2, 0.25) is 0 Å². The molecule has 1 aliphatic carbocycles. The summed E-state index contributed by atoms with van der Waals surface area (Å²) < 4.78 is 6.22. The molecule has 1 heterocycles. The van der Waals surface area contributed by atoms with Crippen LogP contribution in [0.4, 0.5) is 0 Å². The van der Waals surface area contributed by atoms with Gasteiger partial charge in [0, 0.05) is 30.6 Å². The molecule has 2 fully saturated rings. The number of benzene rings is 1. The van der Waals surface area contributed by atoms with Crippen LogP contribution in [0.25, 0.3) is 0 Å². The molecule has 1 aliphatic heterocycles. The van der Waals surface area contributed by atoms with Gasteiger partial charge >= 0.3 is 5.97 Å². The van der Waals surface area contributed by atoms with Crippen molar-refractivity contribution in [1.29, 1.82) is 0 Å². The van der Waals surface area contributed by atoms with Crippen molar-refractivity contribution < 1.29 is 19.4 Å². The Bertz CT molecular complexity index is 626. The largest absolute Gasteiger partial charge is 0.481 e. The Morgan fingerprint density at radius 3 is 2.46 bits per heavy atom. The van der Waals surface area contributed by atoms with E-state index < -0.39 is 17.3 Å². The first-order valence-electron chi connectivity index (χ1n) is 8.23. The molecule has 3 rings (SSSR count). The summed E-state index contributed by atoms with van der Waals surface area (Å²) in [6, 6.07) is 7.70. The highest BCUT2D eigenvalue weighted by Crippen LogP contribution is 2.45. The van der Waals surface area contributed by atoms with Crippen LogP contribution in [0.15, 0.2) is 28.7 Å². The zero-order chi connectivity index (χ0) is 17.3. The highest BCUT2D eigenvalue weighted by Gasteiger charge is 2.50. The lowest BCUT2D eigenvalue weighted by Crippen LogP contribution is -2.50. The van der Waals surface area contributed by atoms with Gasteiger partial charge in [0.05, 0.1) is 17.9 Å². The fraction of sp³-hybridized carbons (Fsp3) is 0.556. The number of halogens is 1. The second kappa shape index (κ2) is 6.84. The minimum Gasteiger partial charge on any atom is -0.481 e. The highest BCUT2D eigenvalue weighted by atomic mass is 79.9. The second-order valence-corrected chi connectivity index (χ2v) is 7.80. The Morgan fingerprint density at radius 2 is 1.96 bits per heavy atom. The van der Waals surface area contributed by atoms with E-state index in [1.807, 2.05) is 24.3 Å². The predicted octanol–water partition coefficient (Wildman–Crippen LogP) is 2.89. The highest BCUT2D eigenvalue weighted by molar-refractivity contribution is 9.10. The van der Waals surface area contributed by atoms with Crippen molar-refractivity contribution in [3.05, 3.63) is 34.3 Å². The number of carboxylic acid groups (broad SMARTS) is 1. The van der Waals surface area contributed by atoms with E-state index in [2.05, 4.69) is 15.9 Å². The summed E-state index contributed by atoms with van der Waals surface area (Å²) in [5.74, 6) is -1.51. The van der Waals surface area contributed by atoms with Gasteiger partial charge in [0.1, 0.15) is 0 Å². The molecule has 1 aromatic carbocycles. The lowest BCUT2D eigenvalue weighted by atomic mass is 9.68. The number of aliphatic carboxylic acids is 1. The minimum atomic E-state index is -0.840. The zero-order valence-corrected chi connectivity index (χ0v) is 15.3. The lowest BCUT2D eigenvalue weighted by molar-refractivity contribution is -0.151. The number of hydrogen-bond acceptors (Lipinski definition) is 3. The van der Waals surface area contributed by atoms with Gasteiger partial charge in [0.2, 0.25) is 5.91 Å². The van der Waals surface area contributed by atoms with E-state index >= 15 is 0 Å². The van der Waals surface area contributed by atoms with E-state index in [-0.39, 0.29) is 18.4 Å². The van der Waals surface area contributed by atoms with Crippen molar-refractivity contribution in [2.45, 2.75) is 25.2 Å². The molecule has 0 bridgehead atoms. The quantitative estimate of drug-likeness (QED) is 0.831. The van der Waals surface area contributed by atoms with Gasteiger partial charge in [-0.1, -0.05) is 34.5 Å². The fourth-order valence-electron chi connectivity index (χ4n) is 3.90. The number of carbonyl (C=O) groups is 2. The molecule has 1 saturated heterocycles. The molecule has 2 atom stereocenters. The summed E-state index contributed by atoms with van der Waals surface area (Å²) >= 11 is 3.40. The van der Waals surface area contributed by atoms with E-state index in [4.69, 9.17) is 4.74 Å². The number of methoxy groups -OCH3 is 1. The van der Waals surface area contributed by atoms with Gasteiger partial charge in [-0.05, 0) is 30.5 Å². The second-order valence-electron chi connectivity index (χ2n) is 6.88. The molecule has 130 valence electrons. The Balaban J connectivity index is 1.81. The van der Waals surface area contributed by atoms with Crippen LogP contribution in [-0.4, -0.2) is 48.7 Å². The van der Waals surface area contributed by atoms with Crippen LogP contribution >= 0.6 is 15.9 Å². The summed E-state index contributed by atoms with van der Waals surface area (Å²) in [5, 5.41) is 9.60. The molecular formula is C18H22BrNO4. The molecule has 1 saturated carbocycles. The van der Waals surface area contributed by atoms with Gasteiger partial charge in [-0.15, -0.1) is 0 Å². The predicted molar refractivity (Wildman–Crippen MR) is 92.7 cm³/mol. The van der Waals surface area contributed by atoms with Crippen molar-refractivity contribution >= 4 is 27.8 Å². The minimum absolute atomic E-state index is 0.0569. The van der Waals surface area contributed by atoms with Crippen molar-refractivity contribution in [3.63, 3.8) is 0 Å². The molecule has 0 aromatic heterocycles. The van der Waals surface area contributed by atoms with Gasteiger partial charge < -0.3 is 14.7 Å². The SMILES string of the molecule is COCC1(C(=O)N2C[C@H](C(=O)O)[C@@H](c3ccc(Br)cc3)C2)CCC1. The Kier molecular flexibility index (Phi) is 4.97. The van der Waals surface area contributed by atoms with Crippen LogP contribution in [-0.2, 0) is 14.3 Å². The average Bonchev–Trinajstić information content (AvgIpc) is 2.96. The maximum Gasteiger partial charge on any atom is 0.308 e. The molecule has 0 radical (unpaired) electrons. The van der Waals surface area contributed by atoms with E-state index in [1.54, 1.807) is 12.0 Å². The average molecular weight is 396 g/mol. The van der Waals surface area contributed by atoms with Crippen LogP contribution in [0.1, 0.15) is 30.7 Å². The summed E-state index contributed by atoms with van der Waals surface area (Å²) in [6.45, 7) is 1.16. The van der Waals surface area contributed by atoms with E-state index in [0.29, 0.717) is 13.2 Å². The first kappa shape index (κ1) is 17.4. The summed E-state index contributed by atoms with van der Waals surface area (Å²) in [4.78, 5) is 26.4. The third-order valence-corrected chi connectivity index (χ3v) is 5.94. The molecule has 1 N–H and O–H groups in total. The molecule has 1 aromatic rings. The first-order chi connectivity index (χ1) is 11.5. The third-order valence-electron chi connectivity index (χ3n) is 5.41. The number of likely N-dealkylation sites (tertiary alicyclic amines) is 1. The number of carboxylic acids is 1. The molecule has 0 unspecified atom stereocenters. The Hall–Kier alpha value is -1.40. The van der Waals surface area contributed by atoms with E-state index in [1.165, 1.54) is 0 Å². The van der Waals surface area contributed by atoms with Crippen molar-refractivity contribution in [2.75, 3.05) is 26.8 Å².